The molecular weight excluding hydrogens is 256 g/mol. The van der Waals surface area contributed by atoms with Gasteiger partial charge in [0.15, 0.2) is 0 Å². The highest BCUT2D eigenvalue weighted by Gasteiger charge is 2.38. The molecule has 3 atom stereocenters. The first-order valence-electron chi connectivity index (χ1n) is 9.08. The Hall–Kier alpha value is -0.300. The van der Waals surface area contributed by atoms with Crippen LogP contribution >= 0.6 is 0 Å². The molecule has 0 saturated heterocycles. The van der Waals surface area contributed by atoms with E-state index in [1.165, 1.54) is 38.5 Å². The molecule has 0 aromatic carbocycles. The van der Waals surface area contributed by atoms with E-state index in [0.717, 1.165) is 18.3 Å². The van der Waals surface area contributed by atoms with Crippen LogP contribution in [0, 0.1) is 23.2 Å². The van der Waals surface area contributed by atoms with E-state index in [-0.39, 0.29) is 0 Å². The van der Waals surface area contributed by atoms with E-state index >= 15 is 0 Å². The van der Waals surface area contributed by atoms with Crippen LogP contribution in [0.1, 0.15) is 86.5 Å². The molecule has 1 nitrogen and oxygen atoms in total. The van der Waals surface area contributed by atoms with E-state index in [1.807, 2.05) is 13.8 Å². The molecule has 0 spiro atoms. The molecule has 0 amide bonds. The van der Waals surface area contributed by atoms with Crippen molar-refractivity contribution in [2.45, 2.75) is 92.1 Å². The van der Waals surface area contributed by atoms with Gasteiger partial charge in [0.25, 0.3) is 0 Å². The van der Waals surface area contributed by atoms with Crippen molar-refractivity contribution < 1.29 is 5.11 Å². The number of aliphatic hydroxyl groups is 1. The van der Waals surface area contributed by atoms with Gasteiger partial charge in [-0.2, -0.15) is 0 Å². The lowest BCUT2D eigenvalue weighted by Crippen LogP contribution is -2.31. The Kier molecular flexibility index (Phi) is 4.93. The monoisotopic (exact) mass is 292 g/mol. The predicted octanol–water partition coefficient (Wildman–Crippen LogP) is 5.73. The van der Waals surface area contributed by atoms with Gasteiger partial charge in [0.1, 0.15) is 0 Å². The molecule has 2 aliphatic rings. The SMILES string of the molecule is CCC(C)(C)CC1CCC2=C1CC(C(C)(C)O)CCC2C. The summed E-state index contributed by atoms with van der Waals surface area (Å²) in [5.41, 5.74) is 3.43. The molecule has 1 N–H and O–H groups in total. The molecule has 0 bridgehead atoms. The van der Waals surface area contributed by atoms with E-state index in [4.69, 9.17) is 0 Å². The van der Waals surface area contributed by atoms with Gasteiger partial charge in [-0.1, -0.05) is 45.3 Å². The lowest BCUT2D eigenvalue weighted by molar-refractivity contribution is 0.0115. The Labute approximate surface area is 132 Å². The average Bonchev–Trinajstić information content (AvgIpc) is 2.66. The summed E-state index contributed by atoms with van der Waals surface area (Å²) in [5, 5.41) is 10.5. The molecule has 21 heavy (non-hydrogen) atoms. The topological polar surface area (TPSA) is 20.2 Å². The van der Waals surface area contributed by atoms with Gasteiger partial charge >= 0.3 is 0 Å². The molecule has 2 rings (SSSR count). The zero-order chi connectivity index (χ0) is 15.8. The molecule has 0 radical (unpaired) electrons. The number of hydrogen-bond donors (Lipinski definition) is 1. The molecular formula is C20H36O. The summed E-state index contributed by atoms with van der Waals surface area (Å²) in [6.45, 7) is 13.6. The second kappa shape index (κ2) is 6.07. The van der Waals surface area contributed by atoms with Gasteiger partial charge in [-0.25, -0.2) is 0 Å². The van der Waals surface area contributed by atoms with Crippen LogP contribution in [0.25, 0.3) is 0 Å². The smallest absolute Gasteiger partial charge is 0.0622 e. The molecule has 0 fully saturated rings. The molecule has 0 aromatic rings. The summed E-state index contributed by atoms with van der Waals surface area (Å²) in [6, 6.07) is 0. The predicted molar refractivity (Wildman–Crippen MR) is 91.2 cm³/mol. The Morgan fingerprint density at radius 1 is 1.05 bits per heavy atom. The summed E-state index contributed by atoms with van der Waals surface area (Å²) in [5.74, 6) is 1.96. The second-order valence-electron chi connectivity index (χ2n) is 9.04. The van der Waals surface area contributed by atoms with Crippen molar-refractivity contribution in [2.75, 3.05) is 0 Å². The first-order chi connectivity index (χ1) is 9.64. The maximum absolute atomic E-state index is 10.5. The van der Waals surface area contributed by atoms with Crippen molar-refractivity contribution in [1.29, 1.82) is 0 Å². The Balaban J connectivity index is 2.21. The van der Waals surface area contributed by atoms with E-state index in [9.17, 15) is 5.11 Å². The van der Waals surface area contributed by atoms with Gasteiger partial charge in [-0.15, -0.1) is 0 Å². The third kappa shape index (κ3) is 3.92. The molecule has 122 valence electrons. The molecule has 3 unspecified atom stereocenters. The van der Waals surface area contributed by atoms with Gasteiger partial charge in [-0.05, 0) is 75.5 Å². The van der Waals surface area contributed by atoms with Crippen LogP contribution in [0.2, 0.25) is 0 Å². The fraction of sp³-hybridized carbons (Fsp3) is 0.900. The lowest BCUT2D eigenvalue weighted by Gasteiger charge is -2.32. The summed E-state index contributed by atoms with van der Waals surface area (Å²) >= 11 is 0. The maximum atomic E-state index is 10.5. The Morgan fingerprint density at radius 2 is 1.71 bits per heavy atom. The van der Waals surface area contributed by atoms with Crippen LogP contribution < -0.4 is 0 Å². The normalized spacial score (nSPS) is 31.3. The third-order valence-corrected chi connectivity index (χ3v) is 6.43. The zero-order valence-electron chi connectivity index (χ0n) is 15.1. The second-order valence-corrected chi connectivity index (χ2v) is 9.04. The van der Waals surface area contributed by atoms with Crippen molar-refractivity contribution in [3.63, 3.8) is 0 Å². The molecule has 0 heterocycles. The fourth-order valence-electron chi connectivity index (χ4n) is 4.42. The molecule has 0 aromatic heterocycles. The van der Waals surface area contributed by atoms with Crippen LogP contribution in [0.5, 0.6) is 0 Å². The minimum absolute atomic E-state index is 0.442. The van der Waals surface area contributed by atoms with Crippen LogP contribution in [0.4, 0.5) is 0 Å². The van der Waals surface area contributed by atoms with Gasteiger partial charge < -0.3 is 5.11 Å². The first-order valence-corrected chi connectivity index (χ1v) is 9.08. The highest BCUT2D eigenvalue weighted by Crippen LogP contribution is 2.49. The third-order valence-electron chi connectivity index (χ3n) is 6.43. The minimum Gasteiger partial charge on any atom is -0.390 e. The molecule has 0 saturated carbocycles. The van der Waals surface area contributed by atoms with E-state index in [0.29, 0.717) is 11.3 Å². The van der Waals surface area contributed by atoms with Crippen molar-refractivity contribution in [2.24, 2.45) is 23.2 Å². The van der Waals surface area contributed by atoms with Crippen LogP contribution in [0.3, 0.4) is 0 Å². The highest BCUT2D eigenvalue weighted by molar-refractivity contribution is 5.27. The van der Waals surface area contributed by atoms with E-state index in [2.05, 4.69) is 27.7 Å². The van der Waals surface area contributed by atoms with Crippen molar-refractivity contribution >= 4 is 0 Å². The van der Waals surface area contributed by atoms with Gasteiger partial charge in [0.05, 0.1) is 5.60 Å². The average molecular weight is 293 g/mol. The van der Waals surface area contributed by atoms with Gasteiger partial charge in [0.2, 0.25) is 0 Å². The number of hydrogen-bond acceptors (Lipinski definition) is 1. The number of allylic oxidation sites excluding steroid dienone is 2. The van der Waals surface area contributed by atoms with E-state index in [1.54, 1.807) is 11.1 Å². The number of rotatable bonds is 4. The van der Waals surface area contributed by atoms with Crippen molar-refractivity contribution in [1.82, 2.24) is 0 Å². The molecule has 2 aliphatic carbocycles. The van der Waals surface area contributed by atoms with Crippen LogP contribution in [0.15, 0.2) is 11.1 Å². The summed E-state index contributed by atoms with van der Waals surface area (Å²) in [4.78, 5) is 0. The van der Waals surface area contributed by atoms with Gasteiger partial charge in [0, 0.05) is 0 Å². The quantitative estimate of drug-likeness (QED) is 0.656. The largest absolute Gasteiger partial charge is 0.390 e. The fourth-order valence-corrected chi connectivity index (χ4v) is 4.42. The van der Waals surface area contributed by atoms with Crippen molar-refractivity contribution in [3.8, 4) is 0 Å². The van der Waals surface area contributed by atoms with Crippen LogP contribution in [-0.4, -0.2) is 10.7 Å². The van der Waals surface area contributed by atoms with Crippen LogP contribution in [-0.2, 0) is 0 Å². The lowest BCUT2D eigenvalue weighted by atomic mass is 9.75. The Morgan fingerprint density at radius 3 is 2.29 bits per heavy atom. The molecule has 0 aliphatic heterocycles. The summed E-state index contributed by atoms with van der Waals surface area (Å²) < 4.78 is 0. The standard InChI is InChI=1S/C20H36O/c1-7-19(3,4)13-15-9-11-17-14(2)8-10-16(12-18(15)17)20(5,6)21/h14-16,21H,7-13H2,1-6H3. The van der Waals surface area contributed by atoms with Gasteiger partial charge in [-0.3, -0.25) is 0 Å². The minimum atomic E-state index is -0.532. The van der Waals surface area contributed by atoms with E-state index < -0.39 is 5.60 Å². The van der Waals surface area contributed by atoms with Crippen molar-refractivity contribution in [3.05, 3.63) is 11.1 Å². The highest BCUT2D eigenvalue weighted by atomic mass is 16.3. The Bertz CT molecular complexity index is 397. The summed E-state index contributed by atoms with van der Waals surface area (Å²) in [7, 11) is 0. The summed E-state index contributed by atoms with van der Waals surface area (Å²) in [6.07, 6.45) is 8.85. The maximum Gasteiger partial charge on any atom is 0.0622 e. The molecule has 1 heteroatoms. The zero-order valence-corrected chi connectivity index (χ0v) is 15.1. The first kappa shape index (κ1) is 17.1.